The van der Waals surface area contributed by atoms with Crippen LogP contribution in [0.2, 0.25) is 10.0 Å². The van der Waals surface area contributed by atoms with Crippen molar-refractivity contribution in [1.29, 1.82) is 0 Å². The first-order valence-electron chi connectivity index (χ1n) is 7.22. The fraction of sp³-hybridized carbons (Fsp3) is 0.176. The van der Waals surface area contributed by atoms with Crippen molar-refractivity contribution in [3.8, 4) is 23.0 Å². The second-order valence-electron chi connectivity index (χ2n) is 4.94. The molecule has 0 atom stereocenters. The van der Waals surface area contributed by atoms with Crippen molar-refractivity contribution in [3.63, 3.8) is 0 Å². The minimum atomic E-state index is -0.520. The zero-order chi connectivity index (χ0) is 19.3. The number of phenols is 1. The minimum Gasteiger partial charge on any atom is -0.506 e. The molecule has 2 aromatic carbocycles. The van der Waals surface area contributed by atoms with E-state index in [0.29, 0.717) is 22.3 Å². The summed E-state index contributed by atoms with van der Waals surface area (Å²) in [6.07, 6.45) is 1.23. The highest BCUT2D eigenvalue weighted by atomic mass is 35.5. The van der Waals surface area contributed by atoms with E-state index in [1.807, 2.05) is 0 Å². The van der Waals surface area contributed by atoms with Gasteiger partial charge in [-0.25, -0.2) is 5.43 Å². The SMILES string of the molecule is COc1cc(C(=O)N/N=C/c2cc(Cl)cc(Cl)c2O)cc(OC)c1OC. The van der Waals surface area contributed by atoms with Crippen LogP contribution in [0.5, 0.6) is 23.0 Å². The van der Waals surface area contributed by atoms with Crippen LogP contribution in [0.4, 0.5) is 0 Å². The van der Waals surface area contributed by atoms with Gasteiger partial charge in [0.15, 0.2) is 11.5 Å². The Morgan fingerprint density at radius 3 is 2.23 bits per heavy atom. The molecule has 2 aromatic rings. The number of rotatable bonds is 6. The van der Waals surface area contributed by atoms with E-state index >= 15 is 0 Å². The van der Waals surface area contributed by atoms with E-state index in [2.05, 4.69) is 10.5 Å². The summed E-state index contributed by atoms with van der Waals surface area (Å²) in [4.78, 5) is 12.3. The first-order chi connectivity index (χ1) is 12.4. The number of hydrogen-bond acceptors (Lipinski definition) is 6. The van der Waals surface area contributed by atoms with Crippen molar-refractivity contribution >= 4 is 35.3 Å². The molecule has 0 saturated heterocycles. The Kier molecular flexibility index (Phi) is 6.54. The Hall–Kier alpha value is -2.64. The van der Waals surface area contributed by atoms with Crippen LogP contribution in [0.3, 0.4) is 0 Å². The van der Waals surface area contributed by atoms with Crippen molar-refractivity contribution in [2.75, 3.05) is 21.3 Å². The van der Waals surface area contributed by atoms with Crippen molar-refractivity contribution < 1.29 is 24.1 Å². The van der Waals surface area contributed by atoms with Gasteiger partial charge in [0.05, 0.1) is 32.6 Å². The molecule has 1 amide bonds. The van der Waals surface area contributed by atoms with Gasteiger partial charge >= 0.3 is 0 Å². The number of hydrogen-bond donors (Lipinski definition) is 2. The summed E-state index contributed by atoms with van der Waals surface area (Å²) in [6.45, 7) is 0. The maximum absolute atomic E-state index is 12.3. The Balaban J connectivity index is 2.23. The lowest BCUT2D eigenvalue weighted by molar-refractivity contribution is 0.0954. The van der Waals surface area contributed by atoms with Crippen molar-refractivity contribution in [2.24, 2.45) is 5.10 Å². The van der Waals surface area contributed by atoms with Gasteiger partial charge in [-0.15, -0.1) is 0 Å². The average Bonchev–Trinajstić information content (AvgIpc) is 2.63. The zero-order valence-electron chi connectivity index (χ0n) is 14.2. The van der Waals surface area contributed by atoms with Gasteiger partial charge in [0.1, 0.15) is 5.75 Å². The van der Waals surface area contributed by atoms with Crippen molar-refractivity contribution in [3.05, 3.63) is 45.4 Å². The Bertz CT molecular complexity index is 830. The molecule has 0 bridgehead atoms. The number of aromatic hydroxyl groups is 1. The molecule has 7 nitrogen and oxygen atoms in total. The van der Waals surface area contributed by atoms with Crippen LogP contribution < -0.4 is 19.6 Å². The van der Waals surface area contributed by atoms with E-state index < -0.39 is 5.91 Å². The summed E-state index contributed by atoms with van der Waals surface area (Å²) in [5.74, 6) is 0.323. The fourth-order valence-electron chi connectivity index (χ4n) is 2.12. The summed E-state index contributed by atoms with van der Waals surface area (Å²) in [5, 5.41) is 14.1. The molecule has 2 N–H and O–H groups in total. The number of nitrogens with zero attached hydrogens (tertiary/aromatic N) is 1. The highest BCUT2D eigenvalue weighted by molar-refractivity contribution is 6.36. The number of benzene rings is 2. The zero-order valence-corrected chi connectivity index (χ0v) is 15.7. The van der Waals surface area contributed by atoms with Gasteiger partial charge in [-0.3, -0.25) is 4.79 Å². The normalized spacial score (nSPS) is 10.7. The van der Waals surface area contributed by atoms with E-state index in [0.717, 1.165) is 0 Å². The van der Waals surface area contributed by atoms with Crippen LogP contribution >= 0.6 is 23.2 Å². The maximum Gasteiger partial charge on any atom is 0.271 e. The van der Waals surface area contributed by atoms with Gasteiger partial charge in [-0.1, -0.05) is 23.2 Å². The monoisotopic (exact) mass is 398 g/mol. The van der Waals surface area contributed by atoms with Crippen LogP contribution in [-0.4, -0.2) is 38.6 Å². The molecule has 0 aliphatic heterocycles. The topological polar surface area (TPSA) is 89.4 Å². The number of ether oxygens (including phenoxy) is 3. The number of methoxy groups -OCH3 is 3. The lowest BCUT2D eigenvalue weighted by Gasteiger charge is -2.13. The number of halogens is 2. The molecular weight excluding hydrogens is 383 g/mol. The van der Waals surface area contributed by atoms with Crippen molar-refractivity contribution in [2.45, 2.75) is 0 Å². The first-order valence-corrected chi connectivity index (χ1v) is 7.98. The average molecular weight is 399 g/mol. The van der Waals surface area contributed by atoms with Gasteiger partial charge < -0.3 is 19.3 Å². The molecule has 138 valence electrons. The predicted molar refractivity (Wildman–Crippen MR) is 99.3 cm³/mol. The number of carbonyl (C=O) groups is 1. The number of hydrazone groups is 1. The minimum absolute atomic E-state index is 0.0786. The van der Waals surface area contributed by atoms with Crippen LogP contribution in [0.1, 0.15) is 15.9 Å². The summed E-state index contributed by atoms with van der Waals surface area (Å²) < 4.78 is 15.6. The molecule has 26 heavy (non-hydrogen) atoms. The van der Waals surface area contributed by atoms with Crippen LogP contribution in [0, 0.1) is 0 Å². The molecule has 0 aromatic heterocycles. The third-order valence-electron chi connectivity index (χ3n) is 3.35. The van der Waals surface area contributed by atoms with Gasteiger partial charge in [0, 0.05) is 16.1 Å². The molecule has 0 radical (unpaired) electrons. The van der Waals surface area contributed by atoms with Gasteiger partial charge in [0.25, 0.3) is 5.91 Å². The second-order valence-corrected chi connectivity index (χ2v) is 5.78. The fourth-order valence-corrected chi connectivity index (χ4v) is 2.63. The number of nitrogens with one attached hydrogen (secondary N) is 1. The maximum atomic E-state index is 12.3. The third kappa shape index (κ3) is 4.30. The molecule has 0 unspecified atom stereocenters. The Morgan fingerprint density at radius 2 is 1.69 bits per heavy atom. The largest absolute Gasteiger partial charge is 0.506 e. The third-order valence-corrected chi connectivity index (χ3v) is 3.86. The van der Waals surface area contributed by atoms with Gasteiger partial charge in [-0.05, 0) is 24.3 Å². The lowest BCUT2D eigenvalue weighted by Crippen LogP contribution is -2.18. The van der Waals surface area contributed by atoms with E-state index in [-0.39, 0.29) is 21.9 Å². The second kappa shape index (κ2) is 8.64. The standard InChI is InChI=1S/C17H16Cl2N2O5/c1-24-13-5-9(6-14(25-2)16(13)26-3)17(23)21-20-8-10-4-11(18)7-12(19)15(10)22/h4-8,22H,1-3H3,(H,21,23)/b20-8+. The molecule has 2 rings (SSSR count). The molecule has 0 aliphatic carbocycles. The molecule has 0 fully saturated rings. The van der Waals surface area contributed by atoms with Crippen LogP contribution in [-0.2, 0) is 0 Å². The highest BCUT2D eigenvalue weighted by Gasteiger charge is 2.16. The number of carbonyl (C=O) groups excluding carboxylic acids is 1. The predicted octanol–water partition coefficient (Wildman–Crippen LogP) is 3.49. The highest BCUT2D eigenvalue weighted by Crippen LogP contribution is 2.38. The molecule has 0 spiro atoms. The van der Waals surface area contributed by atoms with Crippen molar-refractivity contribution in [1.82, 2.24) is 5.43 Å². The lowest BCUT2D eigenvalue weighted by atomic mass is 10.1. The number of phenolic OH excluding ortho intramolecular Hbond substituents is 1. The molecule has 0 heterocycles. The van der Waals surface area contributed by atoms with Crippen LogP contribution in [0.15, 0.2) is 29.4 Å². The summed E-state index contributed by atoms with van der Waals surface area (Å²) in [7, 11) is 4.36. The van der Waals surface area contributed by atoms with E-state index in [4.69, 9.17) is 37.4 Å². The summed E-state index contributed by atoms with van der Waals surface area (Å²) >= 11 is 11.7. The van der Waals surface area contributed by atoms with Gasteiger partial charge in [0.2, 0.25) is 5.75 Å². The molecular formula is C17H16Cl2N2O5. The summed E-state index contributed by atoms with van der Waals surface area (Å²) in [6, 6.07) is 5.82. The molecule has 0 aliphatic rings. The molecule has 9 heteroatoms. The smallest absolute Gasteiger partial charge is 0.271 e. The quantitative estimate of drug-likeness (QED) is 0.574. The summed E-state index contributed by atoms with van der Waals surface area (Å²) in [5.41, 5.74) is 2.83. The van der Waals surface area contributed by atoms with Crippen LogP contribution in [0.25, 0.3) is 0 Å². The first kappa shape index (κ1) is 19.7. The number of amides is 1. The van der Waals surface area contributed by atoms with Gasteiger partial charge in [-0.2, -0.15) is 5.10 Å². The van der Waals surface area contributed by atoms with E-state index in [1.54, 1.807) is 0 Å². The van der Waals surface area contributed by atoms with E-state index in [9.17, 15) is 9.90 Å². The Labute approximate surface area is 160 Å². The van der Waals surface area contributed by atoms with E-state index in [1.165, 1.54) is 51.8 Å². The molecule has 0 saturated carbocycles. The Morgan fingerprint density at radius 1 is 1.08 bits per heavy atom.